The summed E-state index contributed by atoms with van der Waals surface area (Å²) in [6.45, 7) is 1.21. The number of nitrogens with two attached hydrogens (primary N) is 1. The number of hydrogen-bond donors (Lipinski definition) is 6. The smallest absolute Gasteiger partial charge is 0.328 e. The minimum absolute atomic E-state index is 0.0518. The molecule has 0 aliphatic rings. The molecule has 0 aliphatic carbocycles. The van der Waals surface area contributed by atoms with Gasteiger partial charge in [-0.2, -0.15) is 0 Å². The lowest BCUT2D eigenvalue weighted by Gasteiger charge is -2.24. The van der Waals surface area contributed by atoms with Crippen LogP contribution in [-0.2, 0) is 25.6 Å². The lowest BCUT2D eigenvalue weighted by Crippen LogP contribution is -2.57. The van der Waals surface area contributed by atoms with Crippen LogP contribution < -0.4 is 16.4 Å². The summed E-state index contributed by atoms with van der Waals surface area (Å²) in [5.74, 6) is -4.08. The van der Waals surface area contributed by atoms with Crippen LogP contribution in [-0.4, -0.2) is 63.3 Å². The number of benzene rings is 1. The van der Waals surface area contributed by atoms with Crippen molar-refractivity contribution in [1.29, 1.82) is 0 Å². The van der Waals surface area contributed by atoms with E-state index in [1.165, 1.54) is 6.92 Å². The Morgan fingerprint density at radius 3 is 2.14 bits per heavy atom. The number of nitrogens with one attached hydrogen (secondary N) is 2. The fourth-order valence-electron chi connectivity index (χ4n) is 2.39. The Kier molecular flexibility index (Phi) is 9.06. The molecule has 1 rings (SSSR count). The topological polar surface area (TPSA) is 179 Å². The van der Waals surface area contributed by atoms with Crippen LogP contribution in [0.25, 0.3) is 0 Å². The molecule has 0 bridgehead atoms. The van der Waals surface area contributed by atoms with E-state index in [-0.39, 0.29) is 19.3 Å². The van der Waals surface area contributed by atoms with E-state index in [1.54, 1.807) is 30.3 Å². The summed E-state index contributed by atoms with van der Waals surface area (Å²) in [5, 5.41) is 32.0. The zero-order chi connectivity index (χ0) is 21.3. The largest absolute Gasteiger partial charge is 0.481 e. The SMILES string of the molecule is CC(O)C(NC(=O)C(Cc1ccccc1)NC(=O)C(N)CCC(=O)O)C(=O)O. The van der Waals surface area contributed by atoms with Gasteiger partial charge in [-0.25, -0.2) is 4.79 Å². The van der Waals surface area contributed by atoms with E-state index in [1.807, 2.05) is 0 Å². The number of carbonyl (C=O) groups is 4. The summed E-state index contributed by atoms with van der Waals surface area (Å²) in [4.78, 5) is 46.6. The third-order valence-electron chi connectivity index (χ3n) is 3.97. The molecule has 28 heavy (non-hydrogen) atoms. The Hall–Kier alpha value is -2.98. The number of hydrogen-bond acceptors (Lipinski definition) is 6. The number of carbonyl (C=O) groups excluding carboxylic acids is 2. The molecule has 10 heteroatoms. The summed E-state index contributed by atoms with van der Waals surface area (Å²) < 4.78 is 0. The molecule has 10 nitrogen and oxygen atoms in total. The highest BCUT2D eigenvalue weighted by Crippen LogP contribution is 2.06. The number of amides is 2. The molecule has 154 valence electrons. The molecule has 1 aromatic rings. The van der Waals surface area contributed by atoms with Gasteiger partial charge in [-0.3, -0.25) is 14.4 Å². The van der Waals surface area contributed by atoms with Crippen molar-refractivity contribution in [3.8, 4) is 0 Å². The molecule has 4 atom stereocenters. The first-order valence-electron chi connectivity index (χ1n) is 8.64. The zero-order valence-electron chi connectivity index (χ0n) is 15.4. The van der Waals surface area contributed by atoms with Gasteiger partial charge in [0.05, 0.1) is 12.1 Å². The molecule has 0 aromatic heterocycles. The summed E-state index contributed by atoms with van der Waals surface area (Å²) in [6.07, 6.45) is -1.73. The van der Waals surface area contributed by atoms with E-state index in [9.17, 15) is 24.3 Å². The van der Waals surface area contributed by atoms with Crippen LogP contribution in [0, 0.1) is 0 Å². The third kappa shape index (κ3) is 7.72. The molecular weight excluding hydrogens is 370 g/mol. The molecule has 4 unspecified atom stereocenters. The molecular formula is C18H25N3O7. The van der Waals surface area contributed by atoms with Gasteiger partial charge in [0, 0.05) is 12.8 Å². The van der Waals surface area contributed by atoms with Crippen LogP contribution in [0.5, 0.6) is 0 Å². The van der Waals surface area contributed by atoms with Crippen LogP contribution in [0.15, 0.2) is 30.3 Å². The number of carboxylic acid groups (broad SMARTS) is 2. The lowest BCUT2D eigenvalue weighted by molar-refractivity contribution is -0.145. The standard InChI is InChI=1S/C18H25N3O7/c1-10(22)15(18(27)28)21-17(26)13(9-11-5-3-2-4-6-11)20-16(25)12(19)7-8-14(23)24/h2-6,10,12-13,15,22H,7-9,19H2,1H3,(H,20,25)(H,21,26)(H,23,24)(H,27,28). The number of aliphatic carboxylic acids is 2. The highest BCUT2D eigenvalue weighted by Gasteiger charge is 2.30. The average molecular weight is 395 g/mol. The first-order valence-corrected chi connectivity index (χ1v) is 8.64. The van der Waals surface area contributed by atoms with Crippen molar-refractivity contribution < 1.29 is 34.5 Å². The Balaban J connectivity index is 2.92. The molecule has 2 amide bonds. The second kappa shape index (κ2) is 11.0. The van der Waals surface area contributed by atoms with E-state index in [0.717, 1.165) is 0 Å². The summed E-state index contributed by atoms with van der Waals surface area (Å²) in [7, 11) is 0. The van der Waals surface area contributed by atoms with Crippen molar-refractivity contribution in [1.82, 2.24) is 10.6 Å². The monoisotopic (exact) mass is 395 g/mol. The fourth-order valence-corrected chi connectivity index (χ4v) is 2.39. The fraction of sp³-hybridized carbons (Fsp3) is 0.444. The van der Waals surface area contributed by atoms with Gasteiger partial charge < -0.3 is 31.7 Å². The first-order chi connectivity index (χ1) is 13.1. The number of rotatable bonds is 11. The van der Waals surface area contributed by atoms with Gasteiger partial charge in [-0.1, -0.05) is 30.3 Å². The lowest BCUT2D eigenvalue weighted by atomic mass is 10.0. The average Bonchev–Trinajstić information content (AvgIpc) is 2.63. The minimum Gasteiger partial charge on any atom is -0.481 e. The second-order valence-electron chi connectivity index (χ2n) is 6.35. The molecule has 7 N–H and O–H groups in total. The molecule has 0 spiro atoms. The van der Waals surface area contributed by atoms with E-state index in [2.05, 4.69) is 10.6 Å². The van der Waals surface area contributed by atoms with Gasteiger partial charge in [0.2, 0.25) is 11.8 Å². The molecule has 0 radical (unpaired) electrons. The zero-order valence-corrected chi connectivity index (χ0v) is 15.4. The Labute approximate surface area is 161 Å². The molecule has 0 aliphatic heterocycles. The van der Waals surface area contributed by atoms with Crippen molar-refractivity contribution >= 4 is 23.8 Å². The van der Waals surface area contributed by atoms with Crippen molar-refractivity contribution in [2.75, 3.05) is 0 Å². The Bertz CT molecular complexity index is 694. The maximum atomic E-state index is 12.6. The Morgan fingerprint density at radius 2 is 1.64 bits per heavy atom. The van der Waals surface area contributed by atoms with Gasteiger partial charge in [0.15, 0.2) is 6.04 Å². The van der Waals surface area contributed by atoms with Crippen LogP contribution in [0.2, 0.25) is 0 Å². The van der Waals surface area contributed by atoms with E-state index in [0.29, 0.717) is 5.56 Å². The van der Waals surface area contributed by atoms with Crippen molar-refractivity contribution in [3.05, 3.63) is 35.9 Å². The van der Waals surface area contributed by atoms with E-state index < -0.39 is 48.0 Å². The van der Waals surface area contributed by atoms with Crippen LogP contribution in [0.3, 0.4) is 0 Å². The van der Waals surface area contributed by atoms with Crippen molar-refractivity contribution in [2.45, 2.75) is 50.4 Å². The molecule has 1 aromatic carbocycles. The number of aliphatic hydroxyl groups is 1. The van der Waals surface area contributed by atoms with Gasteiger partial charge >= 0.3 is 11.9 Å². The highest BCUT2D eigenvalue weighted by atomic mass is 16.4. The second-order valence-corrected chi connectivity index (χ2v) is 6.35. The minimum atomic E-state index is -1.55. The van der Waals surface area contributed by atoms with Crippen molar-refractivity contribution in [2.24, 2.45) is 5.73 Å². The van der Waals surface area contributed by atoms with Crippen LogP contribution in [0.1, 0.15) is 25.3 Å². The summed E-state index contributed by atoms with van der Waals surface area (Å²) >= 11 is 0. The number of carboxylic acids is 2. The number of aliphatic hydroxyl groups excluding tert-OH is 1. The first kappa shape index (κ1) is 23.1. The molecule has 0 fully saturated rings. The third-order valence-corrected chi connectivity index (χ3v) is 3.97. The van der Waals surface area contributed by atoms with Crippen LogP contribution >= 0.6 is 0 Å². The van der Waals surface area contributed by atoms with E-state index in [4.69, 9.17) is 15.9 Å². The summed E-state index contributed by atoms with van der Waals surface area (Å²) in [5.41, 5.74) is 6.36. The van der Waals surface area contributed by atoms with Gasteiger partial charge in [0.25, 0.3) is 0 Å². The normalized spacial score (nSPS) is 15.0. The summed E-state index contributed by atoms with van der Waals surface area (Å²) in [6, 6.07) is 4.83. The van der Waals surface area contributed by atoms with Gasteiger partial charge in [-0.05, 0) is 18.9 Å². The predicted molar refractivity (Wildman–Crippen MR) is 98.2 cm³/mol. The van der Waals surface area contributed by atoms with Gasteiger partial charge in [0.1, 0.15) is 6.04 Å². The maximum absolute atomic E-state index is 12.6. The van der Waals surface area contributed by atoms with Gasteiger partial charge in [-0.15, -0.1) is 0 Å². The molecule has 0 saturated carbocycles. The Morgan fingerprint density at radius 1 is 1.04 bits per heavy atom. The van der Waals surface area contributed by atoms with Crippen molar-refractivity contribution in [3.63, 3.8) is 0 Å². The maximum Gasteiger partial charge on any atom is 0.328 e. The van der Waals surface area contributed by atoms with Crippen LogP contribution in [0.4, 0.5) is 0 Å². The van der Waals surface area contributed by atoms with E-state index >= 15 is 0 Å². The highest BCUT2D eigenvalue weighted by molar-refractivity contribution is 5.92. The quantitative estimate of drug-likeness (QED) is 0.272. The molecule has 0 heterocycles. The predicted octanol–water partition coefficient (Wildman–Crippen LogP) is -1.14. The molecule has 0 saturated heterocycles.